The Kier molecular flexibility index (Phi) is 9.02. The van der Waals surface area contributed by atoms with Gasteiger partial charge in [-0.2, -0.15) is 0 Å². The molecule has 0 saturated heterocycles. The highest BCUT2D eigenvalue weighted by atomic mass is 14.7. The van der Waals surface area contributed by atoms with Crippen molar-refractivity contribution in [1.82, 2.24) is 0 Å². The van der Waals surface area contributed by atoms with Gasteiger partial charge >= 0.3 is 0 Å². The summed E-state index contributed by atoms with van der Waals surface area (Å²) in [5, 5.41) is 0. The highest BCUT2D eigenvalue weighted by Gasteiger charge is 2.28. The van der Waals surface area contributed by atoms with Gasteiger partial charge in [0, 0.05) is 6.04 Å². The summed E-state index contributed by atoms with van der Waals surface area (Å²) < 4.78 is 0. The maximum Gasteiger partial charge on any atom is 0.00927 e. The highest BCUT2D eigenvalue weighted by Crippen LogP contribution is 2.33. The Balaban J connectivity index is 3.86. The molecule has 0 fully saturated rings. The predicted octanol–water partition coefficient (Wildman–Crippen LogP) is 4.89. The van der Waals surface area contributed by atoms with Crippen LogP contribution in [0.4, 0.5) is 0 Å². The Labute approximate surface area is 103 Å². The molecule has 2 N–H and O–H groups in total. The van der Waals surface area contributed by atoms with E-state index < -0.39 is 0 Å². The zero-order chi connectivity index (χ0) is 12.4. The summed E-state index contributed by atoms with van der Waals surface area (Å²) in [7, 11) is 0. The number of hydrogen-bond acceptors (Lipinski definition) is 1. The maximum absolute atomic E-state index is 6.31. The molecule has 1 nitrogen and oxygen atoms in total. The number of nitrogens with two attached hydrogens (primary N) is 1. The summed E-state index contributed by atoms with van der Waals surface area (Å²) in [6, 6.07) is 0.397. The lowest BCUT2D eigenvalue weighted by Crippen LogP contribution is -2.39. The first-order valence-corrected chi connectivity index (χ1v) is 7.36. The molecule has 0 bridgehead atoms. The van der Waals surface area contributed by atoms with Gasteiger partial charge in [-0.1, -0.05) is 66.2 Å². The third kappa shape index (κ3) is 5.89. The van der Waals surface area contributed by atoms with Crippen molar-refractivity contribution in [1.29, 1.82) is 0 Å². The molecule has 1 heteroatoms. The molecule has 98 valence electrons. The molecule has 2 atom stereocenters. The largest absolute Gasteiger partial charge is 0.327 e. The molecule has 0 spiro atoms. The third-order valence-electron chi connectivity index (χ3n) is 4.15. The van der Waals surface area contributed by atoms with E-state index in [1.807, 2.05) is 0 Å². The van der Waals surface area contributed by atoms with Gasteiger partial charge in [0.15, 0.2) is 0 Å². The van der Waals surface area contributed by atoms with E-state index in [1.165, 1.54) is 57.8 Å². The lowest BCUT2D eigenvalue weighted by molar-refractivity contribution is 0.204. The van der Waals surface area contributed by atoms with Crippen molar-refractivity contribution in [3.63, 3.8) is 0 Å². The van der Waals surface area contributed by atoms with Crippen LogP contribution in [0, 0.1) is 5.41 Å². The van der Waals surface area contributed by atoms with Crippen LogP contribution in [0.25, 0.3) is 0 Å². The first-order chi connectivity index (χ1) is 7.60. The summed E-state index contributed by atoms with van der Waals surface area (Å²) in [5.41, 5.74) is 6.69. The van der Waals surface area contributed by atoms with Gasteiger partial charge in [0.25, 0.3) is 0 Å². The van der Waals surface area contributed by atoms with E-state index in [1.54, 1.807) is 0 Å². The molecule has 0 aliphatic heterocycles. The van der Waals surface area contributed by atoms with Crippen LogP contribution in [-0.2, 0) is 0 Å². The van der Waals surface area contributed by atoms with E-state index in [-0.39, 0.29) is 0 Å². The molecule has 16 heavy (non-hydrogen) atoms. The van der Waals surface area contributed by atoms with Crippen LogP contribution in [0.1, 0.15) is 85.5 Å². The molecule has 0 saturated carbocycles. The molecule has 0 radical (unpaired) electrons. The van der Waals surface area contributed by atoms with E-state index in [0.717, 1.165) is 0 Å². The van der Waals surface area contributed by atoms with Crippen molar-refractivity contribution in [2.24, 2.45) is 11.1 Å². The maximum atomic E-state index is 6.31. The highest BCUT2D eigenvalue weighted by molar-refractivity contribution is 4.83. The minimum Gasteiger partial charge on any atom is -0.327 e. The van der Waals surface area contributed by atoms with Crippen LogP contribution < -0.4 is 5.73 Å². The van der Waals surface area contributed by atoms with Gasteiger partial charge in [-0.05, 0) is 24.7 Å². The molecule has 0 aliphatic rings. The number of rotatable bonds is 10. The zero-order valence-electron chi connectivity index (χ0n) is 12.0. The first kappa shape index (κ1) is 16.0. The van der Waals surface area contributed by atoms with E-state index in [9.17, 15) is 0 Å². The van der Waals surface area contributed by atoms with Crippen LogP contribution in [0.15, 0.2) is 0 Å². The Morgan fingerprint density at radius 3 is 2.06 bits per heavy atom. The molecular formula is C15H33N. The average Bonchev–Trinajstić information content (AvgIpc) is 2.28. The van der Waals surface area contributed by atoms with E-state index in [4.69, 9.17) is 5.73 Å². The molecule has 0 aromatic rings. The molecule has 2 unspecified atom stereocenters. The van der Waals surface area contributed by atoms with Crippen LogP contribution in [0.2, 0.25) is 0 Å². The topological polar surface area (TPSA) is 26.0 Å². The van der Waals surface area contributed by atoms with Crippen molar-refractivity contribution >= 4 is 0 Å². The van der Waals surface area contributed by atoms with Gasteiger partial charge in [0.1, 0.15) is 0 Å². The van der Waals surface area contributed by atoms with Gasteiger partial charge in [0.05, 0.1) is 0 Å². The number of unbranched alkanes of at least 4 members (excludes halogenated alkanes) is 4. The Morgan fingerprint density at radius 1 is 0.938 bits per heavy atom. The third-order valence-corrected chi connectivity index (χ3v) is 4.15. The first-order valence-electron chi connectivity index (χ1n) is 7.36. The number of hydrogen-bond donors (Lipinski definition) is 1. The Hall–Kier alpha value is -0.0400. The van der Waals surface area contributed by atoms with Gasteiger partial charge in [-0.3, -0.25) is 0 Å². The van der Waals surface area contributed by atoms with Crippen LogP contribution >= 0.6 is 0 Å². The molecule has 0 aliphatic carbocycles. The van der Waals surface area contributed by atoms with Crippen LogP contribution in [0.3, 0.4) is 0 Å². The van der Waals surface area contributed by atoms with Crippen molar-refractivity contribution in [2.45, 2.75) is 91.5 Å². The van der Waals surface area contributed by atoms with E-state index in [2.05, 4.69) is 27.7 Å². The lowest BCUT2D eigenvalue weighted by atomic mass is 9.74. The fourth-order valence-electron chi connectivity index (χ4n) is 2.42. The summed E-state index contributed by atoms with van der Waals surface area (Å²) in [4.78, 5) is 0. The Morgan fingerprint density at radius 2 is 1.56 bits per heavy atom. The summed E-state index contributed by atoms with van der Waals surface area (Å²) in [6.45, 7) is 9.18. The fraction of sp³-hybridized carbons (Fsp3) is 1.00. The van der Waals surface area contributed by atoms with Crippen LogP contribution in [-0.4, -0.2) is 6.04 Å². The van der Waals surface area contributed by atoms with Gasteiger partial charge in [-0.25, -0.2) is 0 Å². The van der Waals surface area contributed by atoms with Gasteiger partial charge in [0.2, 0.25) is 0 Å². The molecule has 0 heterocycles. The summed E-state index contributed by atoms with van der Waals surface area (Å²) >= 11 is 0. The Bertz CT molecular complexity index is 156. The average molecular weight is 227 g/mol. The zero-order valence-corrected chi connectivity index (χ0v) is 12.0. The van der Waals surface area contributed by atoms with Crippen molar-refractivity contribution < 1.29 is 0 Å². The smallest absolute Gasteiger partial charge is 0.00927 e. The summed E-state index contributed by atoms with van der Waals surface area (Å²) in [5.74, 6) is 0. The minimum absolute atomic E-state index is 0.377. The van der Waals surface area contributed by atoms with Gasteiger partial charge < -0.3 is 5.73 Å². The standard InChI is InChI=1S/C15H33N/c1-5-8-9-10-11-13-15(4,7-3)14(16)12-6-2/h14H,5-13,16H2,1-4H3. The molecule has 0 amide bonds. The van der Waals surface area contributed by atoms with Crippen molar-refractivity contribution in [2.75, 3.05) is 0 Å². The fourth-order valence-corrected chi connectivity index (χ4v) is 2.42. The van der Waals surface area contributed by atoms with Crippen LogP contribution in [0.5, 0.6) is 0 Å². The van der Waals surface area contributed by atoms with E-state index in [0.29, 0.717) is 11.5 Å². The molecule has 0 aromatic carbocycles. The second kappa shape index (κ2) is 9.04. The van der Waals surface area contributed by atoms with Crippen molar-refractivity contribution in [3.8, 4) is 0 Å². The normalized spacial score (nSPS) is 17.1. The predicted molar refractivity (Wildman–Crippen MR) is 74.7 cm³/mol. The molecular weight excluding hydrogens is 194 g/mol. The summed E-state index contributed by atoms with van der Waals surface area (Å²) in [6.07, 6.45) is 11.8. The minimum atomic E-state index is 0.377. The second-order valence-corrected chi connectivity index (χ2v) is 5.57. The lowest BCUT2D eigenvalue weighted by Gasteiger charge is -2.35. The molecule has 0 rings (SSSR count). The SMILES string of the molecule is CCCCCCCC(C)(CC)C(N)CCC. The second-order valence-electron chi connectivity index (χ2n) is 5.57. The van der Waals surface area contributed by atoms with Gasteiger partial charge in [-0.15, -0.1) is 0 Å². The molecule has 0 aromatic heterocycles. The quantitative estimate of drug-likeness (QED) is 0.528. The van der Waals surface area contributed by atoms with E-state index >= 15 is 0 Å². The monoisotopic (exact) mass is 227 g/mol. The van der Waals surface area contributed by atoms with Crippen molar-refractivity contribution in [3.05, 3.63) is 0 Å².